The minimum Gasteiger partial charge on any atom is -0.391 e. The molecule has 1 aliphatic rings. The van der Waals surface area contributed by atoms with Crippen LogP contribution in [0.3, 0.4) is 0 Å². The highest BCUT2D eigenvalue weighted by molar-refractivity contribution is 6.05. The van der Waals surface area contributed by atoms with E-state index >= 15 is 0 Å². The topological polar surface area (TPSA) is 69.6 Å². The van der Waals surface area contributed by atoms with Gasteiger partial charge in [0, 0.05) is 29.9 Å². The van der Waals surface area contributed by atoms with Gasteiger partial charge in [-0.3, -0.25) is 9.59 Å². The van der Waals surface area contributed by atoms with E-state index in [1.807, 2.05) is 30.3 Å². The molecule has 0 radical (unpaired) electrons. The highest BCUT2D eigenvalue weighted by Crippen LogP contribution is 2.15. The van der Waals surface area contributed by atoms with E-state index in [0.717, 1.165) is 5.69 Å². The van der Waals surface area contributed by atoms with Gasteiger partial charge in [0.15, 0.2) is 0 Å². The molecule has 118 valence electrons. The minimum atomic E-state index is -0.435. The van der Waals surface area contributed by atoms with Crippen LogP contribution < -0.4 is 5.32 Å². The summed E-state index contributed by atoms with van der Waals surface area (Å²) in [6.45, 7) is 0.936. The number of nitrogens with zero attached hydrogens (tertiary/aromatic N) is 1. The van der Waals surface area contributed by atoms with Crippen LogP contribution in [0, 0.1) is 0 Å². The molecule has 1 saturated heterocycles. The van der Waals surface area contributed by atoms with Crippen LogP contribution in [0.2, 0.25) is 0 Å². The lowest BCUT2D eigenvalue weighted by Crippen LogP contribution is -2.29. The number of β-amino-alcohol motifs (C(OH)–C–C–N with tert-alkyl or cyclic N) is 1. The number of carbonyl (C=O) groups is 2. The lowest BCUT2D eigenvalue weighted by atomic mass is 10.1. The first-order valence-corrected chi connectivity index (χ1v) is 7.57. The van der Waals surface area contributed by atoms with Gasteiger partial charge in [-0.15, -0.1) is 0 Å². The van der Waals surface area contributed by atoms with Crippen molar-refractivity contribution in [1.82, 2.24) is 4.90 Å². The Bertz CT molecular complexity index is 698. The molecular weight excluding hydrogens is 292 g/mol. The Balaban J connectivity index is 1.67. The van der Waals surface area contributed by atoms with Crippen molar-refractivity contribution >= 4 is 17.5 Å². The smallest absolute Gasteiger partial charge is 0.255 e. The maximum Gasteiger partial charge on any atom is 0.255 e. The van der Waals surface area contributed by atoms with E-state index in [-0.39, 0.29) is 11.8 Å². The molecule has 1 atom stereocenters. The molecule has 23 heavy (non-hydrogen) atoms. The Morgan fingerprint density at radius 2 is 1.65 bits per heavy atom. The summed E-state index contributed by atoms with van der Waals surface area (Å²) in [5.74, 6) is -0.330. The predicted molar refractivity (Wildman–Crippen MR) is 87.4 cm³/mol. The van der Waals surface area contributed by atoms with E-state index in [1.165, 1.54) is 0 Å². The zero-order chi connectivity index (χ0) is 16.2. The van der Waals surface area contributed by atoms with Gasteiger partial charge >= 0.3 is 0 Å². The van der Waals surface area contributed by atoms with Crippen LogP contribution in [0.5, 0.6) is 0 Å². The average molecular weight is 310 g/mol. The van der Waals surface area contributed by atoms with Gasteiger partial charge in [0.05, 0.1) is 6.10 Å². The van der Waals surface area contributed by atoms with Crippen molar-refractivity contribution in [2.75, 3.05) is 18.4 Å². The van der Waals surface area contributed by atoms with Gasteiger partial charge in [0.2, 0.25) is 0 Å². The number of likely N-dealkylation sites (tertiary alicyclic amines) is 1. The van der Waals surface area contributed by atoms with E-state index in [1.54, 1.807) is 29.2 Å². The minimum absolute atomic E-state index is 0.114. The summed E-state index contributed by atoms with van der Waals surface area (Å²) < 4.78 is 0. The zero-order valence-corrected chi connectivity index (χ0v) is 12.6. The quantitative estimate of drug-likeness (QED) is 0.912. The lowest BCUT2D eigenvalue weighted by Gasteiger charge is -2.15. The number of rotatable bonds is 3. The zero-order valence-electron chi connectivity index (χ0n) is 12.6. The van der Waals surface area contributed by atoms with Crippen molar-refractivity contribution in [2.45, 2.75) is 12.5 Å². The Labute approximate surface area is 134 Å². The molecule has 0 saturated carbocycles. The van der Waals surface area contributed by atoms with E-state index in [2.05, 4.69) is 5.32 Å². The number of benzene rings is 2. The summed E-state index contributed by atoms with van der Waals surface area (Å²) in [5, 5.41) is 12.3. The first kappa shape index (κ1) is 15.2. The predicted octanol–water partition coefficient (Wildman–Crippen LogP) is 2.15. The van der Waals surface area contributed by atoms with Crippen molar-refractivity contribution in [3.63, 3.8) is 0 Å². The lowest BCUT2D eigenvalue weighted by molar-refractivity contribution is 0.0764. The Morgan fingerprint density at radius 1 is 1.00 bits per heavy atom. The normalized spacial score (nSPS) is 17.1. The molecule has 3 rings (SSSR count). The molecule has 0 aliphatic carbocycles. The largest absolute Gasteiger partial charge is 0.391 e. The number of para-hydroxylation sites is 1. The molecule has 2 aromatic rings. The van der Waals surface area contributed by atoms with E-state index < -0.39 is 6.10 Å². The third-order valence-corrected chi connectivity index (χ3v) is 3.88. The van der Waals surface area contributed by atoms with Gasteiger partial charge in [-0.05, 0) is 42.8 Å². The van der Waals surface area contributed by atoms with E-state index in [0.29, 0.717) is 30.6 Å². The molecule has 1 aliphatic heterocycles. The number of hydrogen-bond donors (Lipinski definition) is 2. The van der Waals surface area contributed by atoms with E-state index in [9.17, 15) is 14.7 Å². The summed E-state index contributed by atoms with van der Waals surface area (Å²) in [6.07, 6.45) is 0.179. The fraction of sp³-hybridized carbons (Fsp3) is 0.222. The highest BCUT2D eigenvalue weighted by atomic mass is 16.3. The van der Waals surface area contributed by atoms with Crippen LogP contribution in [0.25, 0.3) is 0 Å². The number of anilines is 1. The van der Waals surface area contributed by atoms with Crippen LogP contribution in [-0.2, 0) is 0 Å². The van der Waals surface area contributed by atoms with Gasteiger partial charge in [-0.25, -0.2) is 0 Å². The molecule has 2 aromatic carbocycles. The van der Waals surface area contributed by atoms with Crippen LogP contribution >= 0.6 is 0 Å². The maximum atomic E-state index is 12.3. The Kier molecular flexibility index (Phi) is 4.39. The summed E-state index contributed by atoms with van der Waals surface area (Å²) >= 11 is 0. The summed E-state index contributed by atoms with van der Waals surface area (Å²) in [4.78, 5) is 26.1. The number of nitrogens with one attached hydrogen (secondary N) is 1. The molecular formula is C18H18N2O3. The standard InChI is InChI=1S/C18H18N2O3/c21-16-10-11-20(12-16)18(23)14-8-6-13(7-9-14)17(22)19-15-4-2-1-3-5-15/h1-9,16,21H,10-12H2,(H,19,22)/t16-/m0/s1. The van der Waals surface area contributed by atoms with Crippen molar-refractivity contribution < 1.29 is 14.7 Å². The maximum absolute atomic E-state index is 12.3. The summed E-state index contributed by atoms with van der Waals surface area (Å²) in [5.41, 5.74) is 1.74. The summed E-state index contributed by atoms with van der Waals surface area (Å²) in [7, 11) is 0. The molecule has 0 aromatic heterocycles. The van der Waals surface area contributed by atoms with Gasteiger partial charge in [0.1, 0.15) is 0 Å². The van der Waals surface area contributed by atoms with Crippen molar-refractivity contribution in [1.29, 1.82) is 0 Å². The number of hydrogen-bond acceptors (Lipinski definition) is 3. The molecule has 1 fully saturated rings. The second-order valence-electron chi connectivity index (χ2n) is 5.59. The van der Waals surface area contributed by atoms with Gasteiger partial charge < -0.3 is 15.3 Å². The van der Waals surface area contributed by atoms with Crippen LogP contribution in [0.15, 0.2) is 54.6 Å². The molecule has 0 unspecified atom stereocenters. The third kappa shape index (κ3) is 3.57. The first-order valence-electron chi connectivity index (χ1n) is 7.57. The van der Waals surface area contributed by atoms with Gasteiger partial charge in [0.25, 0.3) is 11.8 Å². The molecule has 2 N–H and O–H groups in total. The number of aliphatic hydroxyl groups is 1. The monoisotopic (exact) mass is 310 g/mol. The van der Waals surface area contributed by atoms with Gasteiger partial charge in [-0.1, -0.05) is 18.2 Å². The Hall–Kier alpha value is -2.66. The molecule has 5 heteroatoms. The number of amides is 2. The SMILES string of the molecule is O=C(Nc1ccccc1)c1ccc(C(=O)N2CC[C@H](O)C2)cc1. The van der Waals surface area contributed by atoms with Crippen molar-refractivity contribution in [2.24, 2.45) is 0 Å². The average Bonchev–Trinajstić information content (AvgIpc) is 3.02. The first-order chi connectivity index (χ1) is 11.1. The van der Waals surface area contributed by atoms with Crippen molar-refractivity contribution in [3.8, 4) is 0 Å². The Morgan fingerprint density at radius 3 is 2.26 bits per heavy atom. The molecule has 1 heterocycles. The fourth-order valence-electron chi connectivity index (χ4n) is 2.60. The highest BCUT2D eigenvalue weighted by Gasteiger charge is 2.25. The fourth-order valence-corrected chi connectivity index (χ4v) is 2.60. The van der Waals surface area contributed by atoms with Crippen LogP contribution in [-0.4, -0.2) is 41.0 Å². The van der Waals surface area contributed by atoms with Crippen molar-refractivity contribution in [3.05, 3.63) is 65.7 Å². The van der Waals surface area contributed by atoms with Crippen LogP contribution in [0.4, 0.5) is 5.69 Å². The van der Waals surface area contributed by atoms with E-state index in [4.69, 9.17) is 0 Å². The summed E-state index contributed by atoms with van der Waals surface area (Å²) in [6, 6.07) is 15.8. The second kappa shape index (κ2) is 6.62. The number of aliphatic hydroxyl groups excluding tert-OH is 1. The molecule has 0 spiro atoms. The van der Waals surface area contributed by atoms with Gasteiger partial charge in [-0.2, -0.15) is 0 Å². The second-order valence-corrected chi connectivity index (χ2v) is 5.59. The van der Waals surface area contributed by atoms with Crippen LogP contribution in [0.1, 0.15) is 27.1 Å². The molecule has 5 nitrogen and oxygen atoms in total. The number of carbonyl (C=O) groups excluding carboxylic acids is 2. The molecule has 0 bridgehead atoms. The third-order valence-electron chi connectivity index (χ3n) is 3.88. The molecule has 2 amide bonds.